The Morgan fingerprint density at radius 3 is 2.50 bits per heavy atom. The van der Waals surface area contributed by atoms with Crippen molar-refractivity contribution in [1.29, 1.82) is 0 Å². The molecule has 1 heterocycles. The van der Waals surface area contributed by atoms with Gasteiger partial charge < -0.3 is 0 Å². The minimum absolute atomic E-state index is 0.201. The van der Waals surface area contributed by atoms with Gasteiger partial charge in [-0.3, -0.25) is 15.1 Å². The summed E-state index contributed by atoms with van der Waals surface area (Å²) in [5.41, 5.74) is -0.00163. The largest absolute Gasteiger partial charge is 0.288 e. The minimum atomic E-state index is -3.67. The number of thioether (sulfide) groups is 1. The number of sulfone groups is 1. The molecule has 8 heteroatoms. The van der Waals surface area contributed by atoms with Crippen LogP contribution in [-0.2, 0) is 9.84 Å². The van der Waals surface area contributed by atoms with Crippen LogP contribution >= 0.6 is 11.8 Å². The second kappa shape index (κ2) is 4.85. The van der Waals surface area contributed by atoms with E-state index in [0.717, 1.165) is 17.1 Å². The molecule has 1 aromatic rings. The third-order valence-electron chi connectivity index (χ3n) is 2.77. The highest BCUT2D eigenvalue weighted by Crippen LogP contribution is 2.33. The molecule has 6 nitrogen and oxygen atoms in total. The van der Waals surface area contributed by atoms with E-state index in [9.17, 15) is 18.5 Å². The van der Waals surface area contributed by atoms with E-state index in [2.05, 4.69) is 4.99 Å². The third-order valence-corrected chi connectivity index (χ3v) is 5.35. The topological polar surface area (TPSA) is 89.6 Å². The van der Waals surface area contributed by atoms with Gasteiger partial charge in [0, 0.05) is 23.6 Å². The molecule has 1 aliphatic heterocycles. The van der Waals surface area contributed by atoms with Crippen LogP contribution in [0.4, 0.5) is 5.69 Å². The van der Waals surface area contributed by atoms with Crippen molar-refractivity contribution in [3.63, 3.8) is 0 Å². The molecule has 0 unspecified atom stereocenters. The van der Waals surface area contributed by atoms with Crippen molar-refractivity contribution in [3.8, 4) is 0 Å². The molecule has 0 aromatic heterocycles. The molecular weight excluding hydrogens is 300 g/mol. The Labute approximate surface area is 121 Å². The second-order valence-electron chi connectivity index (χ2n) is 5.23. The van der Waals surface area contributed by atoms with E-state index in [-0.39, 0.29) is 10.4 Å². The van der Waals surface area contributed by atoms with Gasteiger partial charge >= 0.3 is 0 Å². The van der Waals surface area contributed by atoms with Crippen LogP contribution in [-0.4, -0.2) is 35.9 Å². The molecule has 0 fully saturated rings. The fourth-order valence-corrected chi connectivity index (χ4v) is 3.85. The number of nitrogens with zero attached hydrogens (tertiary/aromatic N) is 2. The summed E-state index contributed by atoms with van der Waals surface area (Å²) in [5, 5.41) is 11.6. The molecule has 0 spiro atoms. The predicted molar refractivity (Wildman–Crippen MR) is 79.3 cm³/mol. The number of nitro benzene ring substituents is 1. The zero-order valence-corrected chi connectivity index (χ0v) is 12.9. The lowest BCUT2D eigenvalue weighted by atomic mass is 10.1. The quantitative estimate of drug-likeness (QED) is 0.630. The average molecular weight is 314 g/mol. The fraction of sp³-hybridized carbons (Fsp3) is 0.417. The summed E-state index contributed by atoms with van der Waals surface area (Å²) in [4.78, 5) is 14.5. The molecule has 0 radical (unpaired) electrons. The molecule has 0 saturated carbocycles. The van der Waals surface area contributed by atoms with Crippen LogP contribution in [0, 0.1) is 10.1 Å². The molecule has 1 aliphatic rings. The van der Waals surface area contributed by atoms with Crippen LogP contribution < -0.4 is 0 Å². The highest BCUT2D eigenvalue weighted by molar-refractivity contribution is 8.14. The van der Waals surface area contributed by atoms with Crippen molar-refractivity contribution >= 4 is 32.3 Å². The number of benzene rings is 1. The number of hydrogen-bond donors (Lipinski definition) is 0. The Hall–Kier alpha value is -1.41. The first-order valence-electron chi connectivity index (χ1n) is 5.82. The third kappa shape index (κ3) is 3.01. The van der Waals surface area contributed by atoms with Crippen molar-refractivity contribution in [2.24, 2.45) is 4.99 Å². The number of hydrogen-bond acceptors (Lipinski definition) is 6. The standard InChI is InChI=1S/C12H14N2O4S2/c1-12(2)7-19-11(13-12)8-4-5-9(14(15)16)10(6-8)20(3,17)18/h4-6H,7H2,1-3H3. The van der Waals surface area contributed by atoms with Crippen molar-refractivity contribution < 1.29 is 13.3 Å². The van der Waals surface area contributed by atoms with Crippen molar-refractivity contribution in [1.82, 2.24) is 0 Å². The van der Waals surface area contributed by atoms with Crippen LogP contribution in [0.3, 0.4) is 0 Å². The lowest BCUT2D eigenvalue weighted by molar-refractivity contribution is -0.387. The Morgan fingerprint density at radius 2 is 2.05 bits per heavy atom. The lowest BCUT2D eigenvalue weighted by Crippen LogP contribution is -2.15. The predicted octanol–water partition coefficient (Wildman–Crippen LogP) is 2.27. The van der Waals surface area contributed by atoms with Gasteiger partial charge in [0.2, 0.25) is 0 Å². The van der Waals surface area contributed by atoms with Gasteiger partial charge in [0.25, 0.3) is 5.69 Å². The van der Waals surface area contributed by atoms with Gasteiger partial charge in [-0.25, -0.2) is 8.42 Å². The van der Waals surface area contributed by atoms with Gasteiger partial charge in [0.1, 0.15) is 4.90 Å². The van der Waals surface area contributed by atoms with Gasteiger partial charge in [-0.05, 0) is 26.0 Å². The maximum atomic E-state index is 11.7. The second-order valence-corrected chi connectivity index (χ2v) is 8.18. The molecule has 1 aromatic carbocycles. The molecule has 0 bridgehead atoms. The minimum Gasteiger partial charge on any atom is -0.271 e. The first-order valence-corrected chi connectivity index (χ1v) is 8.69. The Bertz CT molecular complexity index is 708. The summed E-state index contributed by atoms with van der Waals surface area (Å²) in [5.74, 6) is 0.799. The average Bonchev–Trinajstić information content (AvgIpc) is 2.67. The van der Waals surface area contributed by atoms with Crippen molar-refractivity contribution in [2.45, 2.75) is 24.3 Å². The van der Waals surface area contributed by atoms with E-state index in [1.165, 1.54) is 23.9 Å². The molecule has 0 amide bonds. The number of nitro groups is 1. The summed E-state index contributed by atoms with van der Waals surface area (Å²) < 4.78 is 23.4. The normalized spacial score (nSPS) is 17.9. The first kappa shape index (κ1) is 15.0. The molecule has 0 aliphatic carbocycles. The molecular formula is C12H14N2O4S2. The zero-order chi connectivity index (χ0) is 15.1. The van der Waals surface area contributed by atoms with E-state index in [4.69, 9.17) is 0 Å². The molecule has 0 N–H and O–H groups in total. The first-order chi connectivity index (χ1) is 9.10. The lowest BCUT2D eigenvalue weighted by Gasteiger charge is -2.09. The van der Waals surface area contributed by atoms with Crippen LogP contribution in [0.15, 0.2) is 28.1 Å². The number of aliphatic imine (C=N–C) groups is 1. The maximum Gasteiger partial charge on any atom is 0.288 e. The summed E-state index contributed by atoms with van der Waals surface area (Å²) >= 11 is 1.52. The van der Waals surface area contributed by atoms with Gasteiger partial charge in [-0.2, -0.15) is 0 Å². The van der Waals surface area contributed by atoms with Crippen molar-refractivity contribution in [2.75, 3.05) is 12.0 Å². The Kier molecular flexibility index (Phi) is 3.64. The van der Waals surface area contributed by atoms with E-state index >= 15 is 0 Å². The van der Waals surface area contributed by atoms with Gasteiger partial charge in [0.05, 0.1) is 15.5 Å². The SMILES string of the molecule is CC1(C)CSC(c2ccc([N+](=O)[O-])c(S(C)(=O)=O)c2)=N1. The Balaban J connectivity index is 2.57. The summed E-state index contributed by atoms with van der Waals surface area (Å²) in [7, 11) is -3.67. The van der Waals surface area contributed by atoms with Gasteiger partial charge in [-0.15, -0.1) is 11.8 Å². The fourth-order valence-electron chi connectivity index (χ4n) is 1.83. The summed E-state index contributed by atoms with van der Waals surface area (Å²) in [6, 6.07) is 4.10. The summed E-state index contributed by atoms with van der Waals surface area (Å²) in [6.07, 6.45) is 0.965. The van der Waals surface area contributed by atoms with Crippen molar-refractivity contribution in [3.05, 3.63) is 33.9 Å². The van der Waals surface area contributed by atoms with Crippen LogP contribution in [0.1, 0.15) is 19.4 Å². The molecule has 0 saturated heterocycles. The number of rotatable bonds is 3. The van der Waals surface area contributed by atoms with Crippen LogP contribution in [0.5, 0.6) is 0 Å². The Morgan fingerprint density at radius 1 is 1.40 bits per heavy atom. The molecule has 0 atom stereocenters. The van der Waals surface area contributed by atoms with E-state index in [1.807, 2.05) is 13.8 Å². The van der Waals surface area contributed by atoms with Crippen LogP contribution in [0.25, 0.3) is 0 Å². The van der Waals surface area contributed by atoms with E-state index < -0.39 is 20.4 Å². The molecule has 108 valence electrons. The molecule has 2 rings (SSSR count). The zero-order valence-electron chi connectivity index (χ0n) is 11.3. The highest BCUT2D eigenvalue weighted by atomic mass is 32.2. The molecule has 20 heavy (non-hydrogen) atoms. The van der Waals surface area contributed by atoms with E-state index in [1.54, 1.807) is 6.07 Å². The monoisotopic (exact) mass is 314 g/mol. The van der Waals surface area contributed by atoms with Gasteiger partial charge in [0.15, 0.2) is 9.84 Å². The smallest absolute Gasteiger partial charge is 0.271 e. The van der Waals surface area contributed by atoms with Crippen LogP contribution in [0.2, 0.25) is 0 Å². The maximum absolute atomic E-state index is 11.7. The van der Waals surface area contributed by atoms with Gasteiger partial charge in [-0.1, -0.05) is 0 Å². The van der Waals surface area contributed by atoms with E-state index in [0.29, 0.717) is 5.56 Å². The highest BCUT2D eigenvalue weighted by Gasteiger charge is 2.28. The summed E-state index contributed by atoms with van der Waals surface area (Å²) in [6.45, 7) is 3.96.